The van der Waals surface area contributed by atoms with Gasteiger partial charge in [0, 0.05) is 34.6 Å². The van der Waals surface area contributed by atoms with Crippen molar-refractivity contribution in [1.29, 1.82) is 0 Å². The summed E-state index contributed by atoms with van der Waals surface area (Å²) in [4.78, 5) is 23.8. The number of rotatable bonds is 4. The van der Waals surface area contributed by atoms with Crippen molar-refractivity contribution in [2.24, 2.45) is 0 Å². The van der Waals surface area contributed by atoms with Gasteiger partial charge >= 0.3 is 0 Å². The van der Waals surface area contributed by atoms with Crippen molar-refractivity contribution in [1.82, 2.24) is 15.0 Å². The minimum atomic E-state index is -0.0381. The maximum atomic E-state index is 12.0. The molecular weight excluding hydrogens is 300 g/mol. The van der Waals surface area contributed by atoms with Crippen LogP contribution in [-0.4, -0.2) is 20.9 Å². The fraction of sp³-hybridized carbons (Fsp3) is 0.105. The molecule has 3 heterocycles. The molecule has 0 radical (unpaired) electrons. The molecule has 3 aromatic heterocycles. The molecule has 0 aliphatic heterocycles. The SMILES string of the molecule is O=C(CCc1cc2c(cn1)[nH]c1ccccc12)Nc1cccnc1. The Morgan fingerprint density at radius 2 is 1.96 bits per heavy atom. The Balaban J connectivity index is 1.50. The molecular formula is C19H16N4O. The molecule has 118 valence electrons. The second-order valence-electron chi connectivity index (χ2n) is 5.68. The summed E-state index contributed by atoms with van der Waals surface area (Å²) in [6.07, 6.45) is 6.13. The van der Waals surface area contributed by atoms with Crippen LogP contribution < -0.4 is 5.32 Å². The average Bonchev–Trinajstić information content (AvgIpc) is 2.99. The standard InChI is InChI=1S/C19H16N4O/c24-19(22-14-4-3-9-20-11-14)8-7-13-10-16-15-5-1-2-6-17(15)23-18(16)12-21-13/h1-6,9-12,23H,7-8H2,(H,22,24). The Morgan fingerprint density at radius 1 is 1.04 bits per heavy atom. The van der Waals surface area contributed by atoms with Gasteiger partial charge in [-0.25, -0.2) is 0 Å². The van der Waals surface area contributed by atoms with Gasteiger partial charge in [-0.1, -0.05) is 18.2 Å². The number of benzene rings is 1. The van der Waals surface area contributed by atoms with Crippen LogP contribution in [0.15, 0.2) is 61.1 Å². The monoisotopic (exact) mass is 316 g/mol. The Morgan fingerprint density at radius 3 is 2.83 bits per heavy atom. The molecule has 0 aliphatic carbocycles. The molecule has 4 aromatic rings. The van der Waals surface area contributed by atoms with Gasteiger partial charge in [0.25, 0.3) is 0 Å². The molecule has 0 saturated carbocycles. The second-order valence-corrected chi connectivity index (χ2v) is 5.68. The topological polar surface area (TPSA) is 70.7 Å². The fourth-order valence-corrected chi connectivity index (χ4v) is 2.83. The van der Waals surface area contributed by atoms with Crippen LogP contribution in [0.5, 0.6) is 0 Å². The maximum absolute atomic E-state index is 12.0. The number of aromatic amines is 1. The largest absolute Gasteiger partial charge is 0.353 e. The summed E-state index contributed by atoms with van der Waals surface area (Å²) in [5.41, 5.74) is 3.73. The van der Waals surface area contributed by atoms with E-state index in [1.807, 2.05) is 24.4 Å². The number of anilines is 1. The van der Waals surface area contributed by atoms with Crippen LogP contribution in [0.4, 0.5) is 5.69 Å². The lowest BCUT2D eigenvalue weighted by Crippen LogP contribution is -2.12. The van der Waals surface area contributed by atoms with Crippen molar-refractivity contribution in [2.45, 2.75) is 12.8 Å². The van der Waals surface area contributed by atoms with Gasteiger partial charge in [-0.05, 0) is 30.7 Å². The Bertz CT molecular complexity index is 1010. The zero-order valence-corrected chi connectivity index (χ0v) is 13.0. The Labute approximate surface area is 138 Å². The number of hydrogen-bond donors (Lipinski definition) is 2. The van der Waals surface area contributed by atoms with Crippen LogP contribution in [0.3, 0.4) is 0 Å². The van der Waals surface area contributed by atoms with E-state index in [2.05, 4.69) is 38.5 Å². The van der Waals surface area contributed by atoms with Gasteiger partial charge in [0.1, 0.15) is 0 Å². The number of nitrogens with one attached hydrogen (secondary N) is 2. The number of nitrogens with zero attached hydrogens (tertiary/aromatic N) is 2. The van der Waals surface area contributed by atoms with E-state index in [-0.39, 0.29) is 5.91 Å². The lowest BCUT2D eigenvalue weighted by atomic mass is 10.1. The molecule has 0 saturated heterocycles. The first-order valence-electron chi connectivity index (χ1n) is 7.85. The molecule has 1 amide bonds. The highest BCUT2D eigenvalue weighted by atomic mass is 16.1. The zero-order chi connectivity index (χ0) is 16.4. The lowest BCUT2D eigenvalue weighted by molar-refractivity contribution is -0.116. The number of aromatic nitrogens is 3. The van der Waals surface area contributed by atoms with Crippen LogP contribution in [0, 0.1) is 0 Å². The number of aryl methyl sites for hydroxylation is 1. The van der Waals surface area contributed by atoms with Crippen LogP contribution in [0.2, 0.25) is 0 Å². The molecule has 5 heteroatoms. The third kappa shape index (κ3) is 2.84. The van der Waals surface area contributed by atoms with Crippen molar-refractivity contribution in [3.63, 3.8) is 0 Å². The highest BCUT2D eigenvalue weighted by Gasteiger charge is 2.08. The zero-order valence-electron chi connectivity index (χ0n) is 13.0. The van der Waals surface area contributed by atoms with Crippen LogP contribution >= 0.6 is 0 Å². The summed E-state index contributed by atoms with van der Waals surface area (Å²) in [5, 5.41) is 5.16. The molecule has 0 spiro atoms. The smallest absolute Gasteiger partial charge is 0.224 e. The van der Waals surface area contributed by atoms with Crippen molar-refractivity contribution >= 4 is 33.4 Å². The number of amides is 1. The quantitative estimate of drug-likeness (QED) is 0.603. The summed E-state index contributed by atoms with van der Waals surface area (Å²) in [6, 6.07) is 13.9. The van der Waals surface area contributed by atoms with Gasteiger partial charge in [0.2, 0.25) is 5.91 Å². The van der Waals surface area contributed by atoms with Crippen molar-refractivity contribution in [3.05, 3.63) is 66.7 Å². The van der Waals surface area contributed by atoms with E-state index in [1.165, 1.54) is 5.39 Å². The summed E-state index contributed by atoms with van der Waals surface area (Å²) >= 11 is 0. The van der Waals surface area contributed by atoms with Crippen molar-refractivity contribution in [3.8, 4) is 0 Å². The first kappa shape index (κ1) is 14.4. The minimum Gasteiger partial charge on any atom is -0.353 e. The first-order chi connectivity index (χ1) is 11.8. The van der Waals surface area contributed by atoms with Gasteiger partial charge in [-0.3, -0.25) is 14.8 Å². The number of fused-ring (bicyclic) bond motifs is 3. The summed E-state index contributed by atoms with van der Waals surface area (Å²) in [5.74, 6) is -0.0381. The maximum Gasteiger partial charge on any atom is 0.224 e. The molecule has 0 bridgehead atoms. The highest BCUT2D eigenvalue weighted by Crippen LogP contribution is 2.25. The predicted molar refractivity (Wildman–Crippen MR) is 94.8 cm³/mol. The second kappa shape index (κ2) is 6.12. The van der Waals surface area contributed by atoms with E-state index in [0.29, 0.717) is 18.5 Å². The Kier molecular flexibility index (Phi) is 3.67. The van der Waals surface area contributed by atoms with Gasteiger partial charge in [0.15, 0.2) is 0 Å². The van der Waals surface area contributed by atoms with Crippen LogP contribution in [-0.2, 0) is 11.2 Å². The van der Waals surface area contributed by atoms with E-state index in [0.717, 1.165) is 22.1 Å². The summed E-state index contributed by atoms with van der Waals surface area (Å²) in [6.45, 7) is 0. The molecule has 4 rings (SSSR count). The van der Waals surface area contributed by atoms with Crippen molar-refractivity contribution < 1.29 is 4.79 Å². The molecule has 0 atom stereocenters. The van der Waals surface area contributed by atoms with Gasteiger partial charge in [0.05, 0.1) is 23.6 Å². The molecule has 2 N–H and O–H groups in total. The van der Waals surface area contributed by atoms with Gasteiger partial charge in [-0.2, -0.15) is 0 Å². The number of pyridine rings is 2. The molecule has 0 unspecified atom stereocenters. The number of hydrogen-bond acceptors (Lipinski definition) is 3. The summed E-state index contributed by atoms with van der Waals surface area (Å²) in [7, 11) is 0. The average molecular weight is 316 g/mol. The van der Waals surface area contributed by atoms with E-state index in [9.17, 15) is 4.79 Å². The minimum absolute atomic E-state index is 0.0381. The molecule has 5 nitrogen and oxygen atoms in total. The van der Waals surface area contributed by atoms with Gasteiger partial charge in [-0.15, -0.1) is 0 Å². The molecule has 24 heavy (non-hydrogen) atoms. The third-order valence-electron chi connectivity index (χ3n) is 4.00. The number of carbonyl (C=O) groups excluding carboxylic acids is 1. The number of H-pyrrole nitrogens is 1. The number of carbonyl (C=O) groups is 1. The number of para-hydroxylation sites is 1. The van der Waals surface area contributed by atoms with Crippen LogP contribution in [0.25, 0.3) is 21.8 Å². The van der Waals surface area contributed by atoms with Crippen LogP contribution in [0.1, 0.15) is 12.1 Å². The van der Waals surface area contributed by atoms with E-state index in [4.69, 9.17) is 0 Å². The molecule has 1 aromatic carbocycles. The highest BCUT2D eigenvalue weighted by molar-refractivity contribution is 6.06. The lowest BCUT2D eigenvalue weighted by Gasteiger charge is -2.04. The molecule has 0 fully saturated rings. The summed E-state index contributed by atoms with van der Waals surface area (Å²) < 4.78 is 0. The third-order valence-corrected chi connectivity index (χ3v) is 4.00. The fourth-order valence-electron chi connectivity index (χ4n) is 2.83. The normalized spacial score (nSPS) is 11.0. The molecule has 0 aliphatic rings. The van der Waals surface area contributed by atoms with E-state index >= 15 is 0 Å². The van der Waals surface area contributed by atoms with E-state index < -0.39 is 0 Å². The first-order valence-corrected chi connectivity index (χ1v) is 7.85. The van der Waals surface area contributed by atoms with E-state index in [1.54, 1.807) is 18.5 Å². The predicted octanol–water partition coefficient (Wildman–Crippen LogP) is 3.68. The van der Waals surface area contributed by atoms with Crippen molar-refractivity contribution in [2.75, 3.05) is 5.32 Å². The van der Waals surface area contributed by atoms with Gasteiger partial charge < -0.3 is 10.3 Å². The Hall–Kier alpha value is -3.21.